The molecule has 4 rings (SSSR count). The topological polar surface area (TPSA) is 83.8 Å². The Morgan fingerprint density at radius 2 is 2.07 bits per heavy atom. The number of pyridine rings is 1. The molecular formula is C21H20N4OS. The predicted octanol–water partition coefficient (Wildman–Crippen LogP) is 4.36. The van der Waals surface area contributed by atoms with Gasteiger partial charge in [-0.2, -0.15) is 0 Å². The van der Waals surface area contributed by atoms with Crippen LogP contribution >= 0.6 is 11.3 Å². The van der Waals surface area contributed by atoms with Crippen molar-refractivity contribution in [2.24, 2.45) is 5.73 Å². The van der Waals surface area contributed by atoms with Crippen LogP contribution < -0.4 is 11.1 Å². The van der Waals surface area contributed by atoms with Gasteiger partial charge in [0.2, 0.25) is 5.91 Å². The second kappa shape index (κ2) is 7.73. The molecule has 4 aromatic rings. The van der Waals surface area contributed by atoms with Crippen LogP contribution in [0.4, 0.5) is 5.00 Å². The average molecular weight is 376 g/mol. The molecule has 0 aliphatic carbocycles. The summed E-state index contributed by atoms with van der Waals surface area (Å²) >= 11 is 1.52. The van der Waals surface area contributed by atoms with Crippen molar-refractivity contribution in [3.05, 3.63) is 71.9 Å². The second-order valence-electron chi connectivity index (χ2n) is 6.33. The molecule has 1 atom stereocenters. The number of hydrogen-bond acceptors (Lipinski definition) is 4. The fourth-order valence-corrected chi connectivity index (χ4v) is 4.05. The van der Waals surface area contributed by atoms with Gasteiger partial charge in [-0.3, -0.25) is 4.79 Å². The van der Waals surface area contributed by atoms with Crippen molar-refractivity contribution >= 4 is 33.3 Å². The Kier molecular flexibility index (Phi) is 5.00. The van der Waals surface area contributed by atoms with Gasteiger partial charge >= 0.3 is 0 Å². The zero-order chi connectivity index (χ0) is 18.6. The minimum absolute atomic E-state index is 0.0272. The summed E-state index contributed by atoms with van der Waals surface area (Å²) in [6.07, 6.45) is 4.33. The maximum atomic E-state index is 12.8. The van der Waals surface area contributed by atoms with Gasteiger partial charge in [-0.15, -0.1) is 11.3 Å². The average Bonchev–Trinajstić information content (AvgIpc) is 3.33. The number of rotatable bonds is 6. The highest BCUT2D eigenvalue weighted by molar-refractivity contribution is 7.14. The van der Waals surface area contributed by atoms with Gasteiger partial charge in [0.1, 0.15) is 5.65 Å². The summed E-state index contributed by atoms with van der Waals surface area (Å²) in [6.45, 7) is 0.463. The highest BCUT2D eigenvalue weighted by Crippen LogP contribution is 2.34. The molecule has 4 N–H and O–H groups in total. The Labute approximate surface area is 161 Å². The molecule has 0 aliphatic heterocycles. The van der Waals surface area contributed by atoms with Crippen LogP contribution in [0.2, 0.25) is 0 Å². The molecular weight excluding hydrogens is 356 g/mol. The molecule has 5 nitrogen and oxygen atoms in total. The van der Waals surface area contributed by atoms with E-state index in [2.05, 4.69) is 15.3 Å². The molecule has 1 aromatic carbocycles. The van der Waals surface area contributed by atoms with Crippen LogP contribution in [0, 0.1) is 0 Å². The van der Waals surface area contributed by atoms with Gasteiger partial charge in [0, 0.05) is 28.7 Å². The first-order valence-corrected chi connectivity index (χ1v) is 9.71. The predicted molar refractivity (Wildman–Crippen MR) is 111 cm³/mol. The summed E-state index contributed by atoms with van der Waals surface area (Å²) < 4.78 is 0. The number of thiophene rings is 1. The van der Waals surface area contributed by atoms with Gasteiger partial charge in [0.25, 0.3) is 0 Å². The molecule has 1 amide bonds. The SMILES string of the molecule is NCCC(C(=O)Nc1cc(-c2c[nH]c3ncccc23)cs1)c1ccccc1. The highest BCUT2D eigenvalue weighted by atomic mass is 32.1. The van der Waals surface area contributed by atoms with Crippen LogP contribution in [0.15, 0.2) is 66.3 Å². The Balaban J connectivity index is 1.55. The van der Waals surface area contributed by atoms with E-state index in [4.69, 9.17) is 5.73 Å². The van der Waals surface area contributed by atoms with Crippen molar-refractivity contribution in [1.29, 1.82) is 0 Å². The lowest BCUT2D eigenvalue weighted by atomic mass is 9.95. The molecule has 3 aromatic heterocycles. The monoisotopic (exact) mass is 376 g/mol. The molecule has 0 saturated carbocycles. The van der Waals surface area contributed by atoms with Crippen LogP contribution in [-0.2, 0) is 4.79 Å². The number of carbonyl (C=O) groups is 1. The van der Waals surface area contributed by atoms with Crippen LogP contribution in [-0.4, -0.2) is 22.4 Å². The number of aromatic nitrogens is 2. The van der Waals surface area contributed by atoms with Crippen molar-refractivity contribution in [2.75, 3.05) is 11.9 Å². The van der Waals surface area contributed by atoms with Gasteiger partial charge in [-0.1, -0.05) is 30.3 Å². The van der Waals surface area contributed by atoms with Gasteiger partial charge in [0.05, 0.1) is 10.9 Å². The van der Waals surface area contributed by atoms with Gasteiger partial charge in [0.15, 0.2) is 0 Å². The number of fused-ring (bicyclic) bond motifs is 1. The van der Waals surface area contributed by atoms with Crippen molar-refractivity contribution in [3.8, 4) is 11.1 Å². The number of nitrogens with zero attached hydrogens (tertiary/aromatic N) is 1. The maximum Gasteiger partial charge on any atom is 0.232 e. The normalized spacial score (nSPS) is 12.2. The number of benzene rings is 1. The van der Waals surface area contributed by atoms with E-state index < -0.39 is 0 Å². The molecule has 6 heteroatoms. The smallest absolute Gasteiger partial charge is 0.232 e. The molecule has 0 spiro atoms. The number of anilines is 1. The molecule has 0 fully saturated rings. The summed E-state index contributed by atoms with van der Waals surface area (Å²) in [5.74, 6) is -0.278. The molecule has 0 aliphatic rings. The summed E-state index contributed by atoms with van der Waals surface area (Å²) in [6, 6.07) is 15.7. The number of aromatic amines is 1. The van der Waals surface area contributed by atoms with E-state index in [1.165, 1.54) is 11.3 Å². The van der Waals surface area contributed by atoms with Crippen LogP contribution in [0.5, 0.6) is 0 Å². The lowest BCUT2D eigenvalue weighted by molar-refractivity contribution is -0.117. The quantitative estimate of drug-likeness (QED) is 0.467. The molecule has 3 heterocycles. The standard InChI is InChI=1S/C21H20N4OS/c22-9-8-16(14-5-2-1-3-6-14)21(26)25-19-11-15(13-27-19)18-12-24-20-17(18)7-4-10-23-20/h1-7,10-13,16H,8-9,22H2,(H,23,24)(H,25,26). The Morgan fingerprint density at radius 1 is 1.22 bits per heavy atom. The number of hydrogen-bond donors (Lipinski definition) is 3. The van der Waals surface area contributed by atoms with Gasteiger partial charge < -0.3 is 16.0 Å². The molecule has 0 bridgehead atoms. The van der Waals surface area contributed by atoms with Crippen molar-refractivity contribution in [2.45, 2.75) is 12.3 Å². The minimum atomic E-state index is -0.251. The summed E-state index contributed by atoms with van der Waals surface area (Å²) in [4.78, 5) is 20.3. The third-order valence-electron chi connectivity index (χ3n) is 4.58. The number of nitrogens with one attached hydrogen (secondary N) is 2. The lowest BCUT2D eigenvalue weighted by Crippen LogP contribution is -2.23. The molecule has 0 saturated heterocycles. The molecule has 1 unspecified atom stereocenters. The Morgan fingerprint density at radius 3 is 2.89 bits per heavy atom. The Bertz CT molecular complexity index is 1050. The first kappa shape index (κ1) is 17.5. The number of nitrogens with two attached hydrogens (primary N) is 1. The minimum Gasteiger partial charge on any atom is -0.346 e. The van der Waals surface area contributed by atoms with Crippen molar-refractivity contribution in [1.82, 2.24) is 9.97 Å². The second-order valence-corrected chi connectivity index (χ2v) is 7.24. The van der Waals surface area contributed by atoms with E-state index in [0.717, 1.165) is 32.7 Å². The third-order valence-corrected chi connectivity index (χ3v) is 5.43. The number of amides is 1. The first-order valence-electron chi connectivity index (χ1n) is 8.83. The number of H-pyrrole nitrogens is 1. The fourth-order valence-electron chi connectivity index (χ4n) is 3.25. The largest absolute Gasteiger partial charge is 0.346 e. The van der Waals surface area contributed by atoms with E-state index in [-0.39, 0.29) is 11.8 Å². The molecule has 27 heavy (non-hydrogen) atoms. The summed E-state index contributed by atoms with van der Waals surface area (Å²) in [5, 5.41) is 6.99. The van der Waals surface area contributed by atoms with E-state index in [1.807, 2.05) is 60.1 Å². The van der Waals surface area contributed by atoms with Crippen molar-refractivity contribution in [3.63, 3.8) is 0 Å². The summed E-state index contributed by atoms with van der Waals surface area (Å²) in [7, 11) is 0. The highest BCUT2D eigenvalue weighted by Gasteiger charge is 2.20. The lowest BCUT2D eigenvalue weighted by Gasteiger charge is -2.15. The maximum absolute atomic E-state index is 12.8. The molecule has 0 radical (unpaired) electrons. The zero-order valence-electron chi connectivity index (χ0n) is 14.7. The van der Waals surface area contributed by atoms with Crippen LogP contribution in [0.25, 0.3) is 22.2 Å². The van der Waals surface area contributed by atoms with Gasteiger partial charge in [-0.05, 0) is 42.3 Å². The van der Waals surface area contributed by atoms with Crippen LogP contribution in [0.3, 0.4) is 0 Å². The van der Waals surface area contributed by atoms with E-state index >= 15 is 0 Å². The zero-order valence-corrected chi connectivity index (χ0v) is 15.5. The van der Waals surface area contributed by atoms with E-state index in [0.29, 0.717) is 13.0 Å². The van der Waals surface area contributed by atoms with E-state index in [9.17, 15) is 4.79 Å². The summed E-state index contributed by atoms with van der Waals surface area (Å²) in [5.41, 5.74) is 9.72. The van der Waals surface area contributed by atoms with Gasteiger partial charge in [-0.25, -0.2) is 4.98 Å². The Hall–Kier alpha value is -2.96. The van der Waals surface area contributed by atoms with Crippen LogP contribution in [0.1, 0.15) is 17.9 Å². The fraction of sp³-hybridized carbons (Fsp3) is 0.143. The van der Waals surface area contributed by atoms with E-state index in [1.54, 1.807) is 6.20 Å². The third kappa shape index (κ3) is 3.63. The molecule has 136 valence electrons. The number of carbonyl (C=O) groups excluding carboxylic acids is 1. The first-order chi connectivity index (χ1) is 13.3. The van der Waals surface area contributed by atoms with Crippen molar-refractivity contribution < 1.29 is 4.79 Å².